The summed E-state index contributed by atoms with van der Waals surface area (Å²) in [4.78, 5) is 12.0. The molecular formula is C18H21FN2O3S. The summed E-state index contributed by atoms with van der Waals surface area (Å²) in [5, 5.41) is 2.74. The Hall–Kier alpha value is -2.25. The molecule has 0 atom stereocenters. The summed E-state index contributed by atoms with van der Waals surface area (Å²) < 4.78 is 40.7. The van der Waals surface area contributed by atoms with Gasteiger partial charge in [-0.2, -0.15) is 0 Å². The molecule has 7 heteroatoms. The van der Waals surface area contributed by atoms with Crippen LogP contribution in [0.4, 0.5) is 4.39 Å². The van der Waals surface area contributed by atoms with Gasteiger partial charge < -0.3 is 5.32 Å². The topological polar surface area (TPSA) is 75.3 Å². The van der Waals surface area contributed by atoms with Crippen LogP contribution in [0.5, 0.6) is 0 Å². The number of rotatable bonds is 8. The summed E-state index contributed by atoms with van der Waals surface area (Å²) in [6.45, 7) is 2.39. The highest BCUT2D eigenvalue weighted by atomic mass is 32.2. The van der Waals surface area contributed by atoms with Crippen molar-refractivity contribution in [2.75, 3.05) is 6.54 Å². The Morgan fingerprint density at radius 1 is 1.12 bits per heavy atom. The molecule has 2 aromatic carbocycles. The molecule has 0 spiro atoms. The minimum atomic E-state index is -3.85. The zero-order valence-corrected chi connectivity index (χ0v) is 14.8. The van der Waals surface area contributed by atoms with E-state index in [9.17, 15) is 17.6 Å². The lowest BCUT2D eigenvalue weighted by atomic mass is 10.2. The average Bonchev–Trinajstić information content (AvgIpc) is 2.61. The molecule has 2 rings (SSSR count). The molecular weight excluding hydrogens is 343 g/mol. The summed E-state index contributed by atoms with van der Waals surface area (Å²) in [6, 6.07) is 11.7. The van der Waals surface area contributed by atoms with Crippen LogP contribution in [-0.4, -0.2) is 20.9 Å². The molecule has 25 heavy (non-hydrogen) atoms. The Bertz CT molecular complexity index is 838. The lowest BCUT2D eigenvalue weighted by Gasteiger charge is -2.09. The first-order valence-corrected chi connectivity index (χ1v) is 9.53. The van der Waals surface area contributed by atoms with E-state index < -0.39 is 15.8 Å². The Labute approximate surface area is 147 Å². The fraction of sp³-hybridized carbons (Fsp3) is 0.278. The molecule has 2 aromatic rings. The van der Waals surface area contributed by atoms with E-state index in [0.717, 1.165) is 12.8 Å². The van der Waals surface area contributed by atoms with Crippen molar-refractivity contribution >= 4 is 15.9 Å². The lowest BCUT2D eigenvalue weighted by molar-refractivity contribution is 0.0953. The van der Waals surface area contributed by atoms with E-state index in [1.54, 1.807) is 12.1 Å². The molecule has 0 heterocycles. The van der Waals surface area contributed by atoms with Gasteiger partial charge in [-0.05, 0) is 30.7 Å². The SMILES string of the molecule is CCCCNC(=O)c1cccc(S(=O)(=O)NCc2ccccc2F)c1. The monoisotopic (exact) mass is 364 g/mol. The third-order valence-electron chi connectivity index (χ3n) is 3.63. The summed E-state index contributed by atoms with van der Waals surface area (Å²) >= 11 is 0. The molecule has 0 radical (unpaired) electrons. The molecule has 1 amide bonds. The van der Waals surface area contributed by atoms with E-state index in [2.05, 4.69) is 10.0 Å². The van der Waals surface area contributed by atoms with E-state index in [1.807, 2.05) is 6.92 Å². The van der Waals surface area contributed by atoms with Crippen molar-refractivity contribution in [3.05, 3.63) is 65.5 Å². The van der Waals surface area contributed by atoms with E-state index in [4.69, 9.17) is 0 Å². The van der Waals surface area contributed by atoms with E-state index in [0.29, 0.717) is 6.54 Å². The third-order valence-corrected chi connectivity index (χ3v) is 5.03. The highest BCUT2D eigenvalue weighted by Gasteiger charge is 2.16. The van der Waals surface area contributed by atoms with Crippen molar-refractivity contribution in [2.45, 2.75) is 31.2 Å². The summed E-state index contributed by atoms with van der Waals surface area (Å²) in [5.74, 6) is -0.797. The third kappa shape index (κ3) is 5.37. The number of nitrogens with one attached hydrogen (secondary N) is 2. The highest BCUT2D eigenvalue weighted by Crippen LogP contribution is 2.13. The second-order valence-electron chi connectivity index (χ2n) is 5.55. The van der Waals surface area contributed by atoms with Crippen LogP contribution in [-0.2, 0) is 16.6 Å². The number of carbonyl (C=O) groups is 1. The minimum Gasteiger partial charge on any atom is -0.352 e. The summed E-state index contributed by atoms with van der Waals surface area (Å²) in [5.41, 5.74) is 0.518. The predicted molar refractivity (Wildman–Crippen MR) is 94.1 cm³/mol. The molecule has 0 unspecified atom stereocenters. The predicted octanol–water partition coefficient (Wildman–Crippen LogP) is 2.83. The van der Waals surface area contributed by atoms with Gasteiger partial charge in [-0.25, -0.2) is 17.5 Å². The van der Waals surface area contributed by atoms with Gasteiger partial charge >= 0.3 is 0 Å². The van der Waals surface area contributed by atoms with Crippen LogP contribution < -0.4 is 10.0 Å². The number of benzene rings is 2. The fourth-order valence-electron chi connectivity index (χ4n) is 2.18. The zero-order chi connectivity index (χ0) is 18.3. The van der Waals surface area contributed by atoms with Crippen LogP contribution in [0.2, 0.25) is 0 Å². The number of hydrogen-bond acceptors (Lipinski definition) is 3. The van der Waals surface area contributed by atoms with E-state index >= 15 is 0 Å². The van der Waals surface area contributed by atoms with Gasteiger partial charge in [0.25, 0.3) is 5.91 Å². The maximum absolute atomic E-state index is 13.6. The van der Waals surface area contributed by atoms with Gasteiger partial charge in [0.15, 0.2) is 0 Å². The molecule has 0 saturated heterocycles. The molecule has 0 aliphatic heterocycles. The number of carbonyl (C=O) groups excluding carboxylic acids is 1. The van der Waals surface area contributed by atoms with Crippen molar-refractivity contribution in [2.24, 2.45) is 0 Å². The molecule has 2 N–H and O–H groups in total. The van der Waals surface area contributed by atoms with Crippen molar-refractivity contribution in [3.8, 4) is 0 Å². The average molecular weight is 364 g/mol. The van der Waals surface area contributed by atoms with Crippen LogP contribution >= 0.6 is 0 Å². The maximum atomic E-state index is 13.6. The maximum Gasteiger partial charge on any atom is 0.251 e. The number of unbranched alkanes of at least 4 members (excludes halogenated alkanes) is 1. The van der Waals surface area contributed by atoms with Crippen molar-refractivity contribution in [1.29, 1.82) is 0 Å². The normalized spacial score (nSPS) is 11.3. The zero-order valence-electron chi connectivity index (χ0n) is 14.0. The van der Waals surface area contributed by atoms with Crippen LogP contribution in [0.15, 0.2) is 53.4 Å². The highest BCUT2D eigenvalue weighted by molar-refractivity contribution is 7.89. The standard InChI is InChI=1S/C18H21FN2O3S/c1-2-3-11-20-18(22)14-8-6-9-16(12-14)25(23,24)21-13-15-7-4-5-10-17(15)19/h4-10,12,21H,2-3,11,13H2,1H3,(H,20,22). The summed E-state index contributed by atoms with van der Waals surface area (Å²) in [6.07, 6.45) is 1.81. The van der Waals surface area contributed by atoms with Crippen molar-refractivity contribution in [3.63, 3.8) is 0 Å². The molecule has 0 saturated carbocycles. The number of halogens is 1. The van der Waals surface area contributed by atoms with Crippen LogP contribution in [0.1, 0.15) is 35.7 Å². The minimum absolute atomic E-state index is 0.0352. The van der Waals surface area contributed by atoms with Crippen molar-refractivity contribution in [1.82, 2.24) is 10.0 Å². The Morgan fingerprint density at radius 2 is 1.88 bits per heavy atom. The van der Waals surface area contributed by atoms with Gasteiger partial charge in [0, 0.05) is 24.2 Å². The molecule has 0 bridgehead atoms. The second-order valence-corrected chi connectivity index (χ2v) is 7.32. The Balaban J connectivity index is 2.10. The Kier molecular flexibility index (Phi) is 6.66. The Morgan fingerprint density at radius 3 is 2.60 bits per heavy atom. The number of amides is 1. The number of sulfonamides is 1. The molecule has 134 valence electrons. The van der Waals surface area contributed by atoms with E-state index in [1.165, 1.54) is 36.4 Å². The first-order valence-electron chi connectivity index (χ1n) is 8.05. The van der Waals surface area contributed by atoms with Gasteiger partial charge in [-0.3, -0.25) is 4.79 Å². The van der Waals surface area contributed by atoms with Crippen molar-refractivity contribution < 1.29 is 17.6 Å². The first kappa shape index (κ1) is 19.1. The lowest BCUT2D eigenvalue weighted by Crippen LogP contribution is -2.26. The molecule has 0 aliphatic rings. The first-order chi connectivity index (χ1) is 11.9. The molecule has 5 nitrogen and oxygen atoms in total. The largest absolute Gasteiger partial charge is 0.352 e. The van der Waals surface area contributed by atoms with E-state index in [-0.39, 0.29) is 28.5 Å². The van der Waals surface area contributed by atoms with Crippen LogP contribution in [0, 0.1) is 5.82 Å². The molecule has 0 aromatic heterocycles. The smallest absolute Gasteiger partial charge is 0.251 e. The summed E-state index contributed by atoms with van der Waals surface area (Å²) in [7, 11) is -3.85. The molecule has 0 aliphatic carbocycles. The van der Waals surface area contributed by atoms with Gasteiger partial charge in [-0.1, -0.05) is 37.6 Å². The van der Waals surface area contributed by atoms with Crippen LogP contribution in [0.3, 0.4) is 0 Å². The number of hydrogen-bond donors (Lipinski definition) is 2. The van der Waals surface area contributed by atoms with Crippen LogP contribution in [0.25, 0.3) is 0 Å². The van der Waals surface area contributed by atoms with Gasteiger partial charge in [-0.15, -0.1) is 0 Å². The second kappa shape index (κ2) is 8.73. The molecule has 0 fully saturated rings. The quantitative estimate of drug-likeness (QED) is 0.707. The fourth-order valence-corrected chi connectivity index (χ4v) is 3.24. The van der Waals surface area contributed by atoms with Gasteiger partial charge in [0.1, 0.15) is 5.82 Å². The van der Waals surface area contributed by atoms with Gasteiger partial charge in [0.2, 0.25) is 10.0 Å². The van der Waals surface area contributed by atoms with Gasteiger partial charge in [0.05, 0.1) is 4.90 Å².